The van der Waals surface area contributed by atoms with Gasteiger partial charge < -0.3 is 10.2 Å². The third kappa shape index (κ3) is 3.96. The van der Waals surface area contributed by atoms with Crippen LogP contribution >= 0.6 is 0 Å². The van der Waals surface area contributed by atoms with E-state index in [0.717, 1.165) is 34.9 Å². The maximum atomic E-state index is 12.8. The van der Waals surface area contributed by atoms with Crippen molar-refractivity contribution in [2.45, 2.75) is 23.5 Å². The highest BCUT2D eigenvalue weighted by Gasteiger charge is 2.44. The standard InChI is InChI=1S/C18H24B4N6O/c1-27-9-13(7-25-27)12-4-11-5-15(24-8-14(11)23-6-12)26-16(29)10-28-17(19,20)2-3-18(28,21)22/h4-9H,2-3,10,19-22H2,1H3,(H,24,26,29). The molecule has 1 N–H and O–H groups in total. The summed E-state index contributed by atoms with van der Waals surface area (Å²) in [7, 11) is 10.7. The van der Waals surface area contributed by atoms with Crippen molar-refractivity contribution < 1.29 is 4.79 Å². The van der Waals surface area contributed by atoms with Crippen LogP contribution in [0.25, 0.3) is 22.0 Å². The number of amides is 1. The fourth-order valence-electron chi connectivity index (χ4n) is 4.28. The first-order valence-corrected chi connectivity index (χ1v) is 9.96. The van der Waals surface area contributed by atoms with Crippen LogP contribution in [0.15, 0.2) is 36.9 Å². The largest absolute Gasteiger partial charge is 0.314 e. The number of likely N-dealkylation sites (tertiary alicyclic amines) is 1. The van der Waals surface area contributed by atoms with Gasteiger partial charge in [-0.15, -0.1) is 0 Å². The van der Waals surface area contributed by atoms with Crippen LogP contribution in [0.4, 0.5) is 5.82 Å². The predicted molar refractivity (Wildman–Crippen MR) is 126 cm³/mol. The van der Waals surface area contributed by atoms with E-state index in [-0.39, 0.29) is 16.6 Å². The lowest BCUT2D eigenvalue weighted by Crippen LogP contribution is -2.58. The highest BCUT2D eigenvalue weighted by Crippen LogP contribution is 2.33. The van der Waals surface area contributed by atoms with Crippen LogP contribution in [0.2, 0.25) is 0 Å². The molecule has 1 aliphatic rings. The fraction of sp³-hybridized carbons (Fsp3) is 0.333. The Bertz CT molecular complexity index is 1070. The van der Waals surface area contributed by atoms with Crippen molar-refractivity contribution in [3.05, 3.63) is 36.9 Å². The Labute approximate surface area is 174 Å². The first kappa shape index (κ1) is 19.8. The summed E-state index contributed by atoms with van der Waals surface area (Å²) in [6, 6.07) is 3.92. The SMILES string of the molecule is BC1(B)CCC(B)(B)N1CC(=O)Nc1cc2cc(-c3cnn(C)c3)cnc2cn1. The van der Waals surface area contributed by atoms with Gasteiger partial charge in [0.2, 0.25) is 5.91 Å². The van der Waals surface area contributed by atoms with Crippen LogP contribution in [0.1, 0.15) is 12.8 Å². The Morgan fingerprint density at radius 1 is 1.07 bits per heavy atom. The van der Waals surface area contributed by atoms with Crippen molar-refractivity contribution >= 4 is 54.0 Å². The first-order valence-electron chi connectivity index (χ1n) is 9.96. The van der Waals surface area contributed by atoms with Gasteiger partial charge in [-0.1, -0.05) is 0 Å². The molecule has 4 heterocycles. The van der Waals surface area contributed by atoms with Crippen molar-refractivity contribution in [3.63, 3.8) is 0 Å². The normalized spacial score (nSPS) is 18.1. The van der Waals surface area contributed by atoms with Crippen LogP contribution in [-0.2, 0) is 11.8 Å². The number of aryl methyl sites for hydroxylation is 1. The number of carbonyl (C=O) groups excluding carboxylic acids is 1. The summed E-state index contributed by atoms with van der Waals surface area (Å²) in [5, 5.41) is 8.14. The Morgan fingerprint density at radius 2 is 1.79 bits per heavy atom. The number of hydrogen-bond acceptors (Lipinski definition) is 5. The van der Waals surface area contributed by atoms with Crippen molar-refractivity contribution in [1.82, 2.24) is 24.6 Å². The molecule has 3 aromatic rings. The molecule has 0 aliphatic carbocycles. The molecule has 1 fully saturated rings. The van der Waals surface area contributed by atoms with Crippen molar-refractivity contribution in [3.8, 4) is 11.1 Å². The van der Waals surface area contributed by atoms with Crippen molar-refractivity contribution in [1.29, 1.82) is 0 Å². The molecule has 1 aliphatic heterocycles. The lowest BCUT2D eigenvalue weighted by Gasteiger charge is -2.40. The number of pyridine rings is 2. The average Bonchev–Trinajstić information content (AvgIpc) is 3.18. The molecule has 0 aromatic carbocycles. The molecular formula is C18H24B4N6O. The number of anilines is 1. The monoisotopic (exact) mass is 384 g/mol. The molecule has 144 valence electrons. The lowest BCUT2D eigenvalue weighted by atomic mass is 9.58. The van der Waals surface area contributed by atoms with E-state index < -0.39 is 0 Å². The lowest BCUT2D eigenvalue weighted by molar-refractivity contribution is -0.117. The van der Waals surface area contributed by atoms with E-state index in [1.165, 1.54) is 0 Å². The van der Waals surface area contributed by atoms with Gasteiger partial charge >= 0.3 is 0 Å². The smallest absolute Gasteiger partial charge is 0.239 e. The van der Waals surface area contributed by atoms with Gasteiger partial charge in [0.1, 0.15) is 37.2 Å². The fourth-order valence-corrected chi connectivity index (χ4v) is 4.28. The second-order valence-corrected chi connectivity index (χ2v) is 9.15. The highest BCUT2D eigenvalue weighted by atomic mass is 16.2. The van der Waals surface area contributed by atoms with Crippen LogP contribution in [0.3, 0.4) is 0 Å². The summed E-state index contributed by atoms with van der Waals surface area (Å²) in [5.74, 6) is 0.499. The van der Waals surface area contributed by atoms with Crippen molar-refractivity contribution in [2.75, 3.05) is 11.9 Å². The number of hydrogen-bond donors (Lipinski definition) is 1. The number of aromatic nitrogens is 4. The molecule has 1 amide bonds. The predicted octanol–water partition coefficient (Wildman–Crippen LogP) is -2.10. The van der Waals surface area contributed by atoms with E-state index in [1.54, 1.807) is 10.9 Å². The Morgan fingerprint density at radius 3 is 2.45 bits per heavy atom. The minimum Gasteiger partial charge on any atom is -0.314 e. The molecule has 0 atom stereocenters. The quantitative estimate of drug-likeness (QED) is 0.523. The Kier molecular flexibility index (Phi) is 4.81. The van der Waals surface area contributed by atoms with E-state index in [4.69, 9.17) is 0 Å². The van der Waals surface area contributed by atoms with E-state index in [2.05, 4.69) is 56.7 Å². The Hall–Kier alpha value is -2.54. The number of carbonyl (C=O) groups is 1. The minimum absolute atomic E-state index is 0.0141. The van der Waals surface area contributed by atoms with Crippen LogP contribution in [0, 0.1) is 0 Å². The third-order valence-electron chi connectivity index (χ3n) is 5.99. The number of nitrogens with one attached hydrogen (secondary N) is 1. The molecule has 0 unspecified atom stereocenters. The Balaban J connectivity index is 1.54. The zero-order chi connectivity index (χ0) is 20.8. The molecular weight excluding hydrogens is 359 g/mol. The maximum Gasteiger partial charge on any atom is 0.239 e. The van der Waals surface area contributed by atoms with E-state index in [1.807, 2.05) is 37.8 Å². The van der Waals surface area contributed by atoms with Gasteiger partial charge in [-0.05, 0) is 35.6 Å². The summed E-state index contributed by atoms with van der Waals surface area (Å²) in [6.07, 6.45) is 9.45. The molecule has 0 bridgehead atoms. The topological polar surface area (TPSA) is 75.9 Å². The maximum absolute atomic E-state index is 12.8. The van der Waals surface area contributed by atoms with E-state index >= 15 is 0 Å². The molecule has 29 heavy (non-hydrogen) atoms. The van der Waals surface area contributed by atoms with Gasteiger partial charge in [-0.2, -0.15) is 5.10 Å². The van der Waals surface area contributed by atoms with Crippen LogP contribution in [0.5, 0.6) is 0 Å². The second kappa shape index (κ2) is 7.06. The van der Waals surface area contributed by atoms with Crippen LogP contribution < -0.4 is 5.32 Å². The number of nitrogens with zero attached hydrogens (tertiary/aromatic N) is 5. The first-order chi connectivity index (χ1) is 13.6. The second-order valence-electron chi connectivity index (χ2n) is 9.15. The zero-order valence-electron chi connectivity index (χ0n) is 17.7. The number of fused-ring (bicyclic) bond motifs is 1. The van der Waals surface area contributed by atoms with Gasteiger partial charge in [0.15, 0.2) is 0 Å². The molecule has 7 nitrogen and oxygen atoms in total. The van der Waals surface area contributed by atoms with E-state index in [0.29, 0.717) is 12.4 Å². The molecule has 3 aromatic heterocycles. The molecule has 0 spiro atoms. The van der Waals surface area contributed by atoms with Crippen molar-refractivity contribution in [2.24, 2.45) is 7.05 Å². The van der Waals surface area contributed by atoms with Gasteiger partial charge in [0, 0.05) is 36.0 Å². The zero-order valence-corrected chi connectivity index (χ0v) is 17.7. The number of rotatable bonds is 4. The van der Waals surface area contributed by atoms with Gasteiger partial charge in [0.05, 0.1) is 24.5 Å². The molecule has 11 heteroatoms. The van der Waals surface area contributed by atoms with Gasteiger partial charge in [-0.25, -0.2) is 4.98 Å². The molecule has 4 rings (SSSR count). The third-order valence-corrected chi connectivity index (χ3v) is 5.99. The highest BCUT2D eigenvalue weighted by molar-refractivity contribution is 6.45. The average molecular weight is 384 g/mol. The minimum atomic E-state index is -0.0451. The molecule has 0 saturated carbocycles. The summed E-state index contributed by atoms with van der Waals surface area (Å²) in [4.78, 5) is 23.9. The van der Waals surface area contributed by atoms with Gasteiger partial charge in [-0.3, -0.25) is 14.5 Å². The summed E-state index contributed by atoms with van der Waals surface area (Å²) < 4.78 is 1.76. The van der Waals surface area contributed by atoms with E-state index in [9.17, 15) is 4.79 Å². The molecule has 0 radical (unpaired) electrons. The summed E-state index contributed by atoms with van der Waals surface area (Å²) in [5.41, 5.74) is 2.77. The van der Waals surface area contributed by atoms with Crippen LogP contribution in [-0.4, -0.2) is 79.2 Å². The summed E-state index contributed by atoms with van der Waals surface area (Å²) in [6.45, 7) is 0.355. The molecule has 1 saturated heterocycles. The summed E-state index contributed by atoms with van der Waals surface area (Å²) >= 11 is 0. The van der Waals surface area contributed by atoms with Gasteiger partial charge in [0.25, 0.3) is 0 Å².